The summed E-state index contributed by atoms with van der Waals surface area (Å²) in [5, 5.41) is 2.96. The molecule has 4 N–H and O–H groups in total. The van der Waals surface area contributed by atoms with Crippen molar-refractivity contribution in [3.05, 3.63) is 36.6 Å². The SMILES string of the molecule is N[C@@H]1CCC[C@H]1CC(=O)Nc1ccc2nc(-c3ccco3)[nH]c2c1. The summed E-state index contributed by atoms with van der Waals surface area (Å²) < 4.78 is 5.35. The molecule has 1 fully saturated rings. The van der Waals surface area contributed by atoms with Crippen molar-refractivity contribution in [1.82, 2.24) is 9.97 Å². The zero-order chi connectivity index (χ0) is 16.5. The van der Waals surface area contributed by atoms with Crippen molar-refractivity contribution in [3.8, 4) is 11.6 Å². The third-order valence-corrected chi connectivity index (χ3v) is 4.69. The Labute approximate surface area is 139 Å². The molecule has 0 bridgehead atoms. The molecule has 2 atom stereocenters. The number of nitrogens with two attached hydrogens (primary N) is 1. The zero-order valence-corrected chi connectivity index (χ0v) is 13.3. The van der Waals surface area contributed by atoms with Crippen molar-refractivity contribution in [1.29, 1.82) is 0 Å². The van der Waals surface area contributed by atoms with Gasteiger partial charge in [0, 0.05) is 18.2 Å². The van der Waals surface area contributed by atoms with Gasteiger partial charge in [0.15, 0.2) is 11.6 Å². The molecular formula is C18H20N4O2. The van der Waals surface area contributed by atoms with Crippen molar-refractivity contribution in [2.75, 3.05) is 5.32 Å². The average molecular weight is 324 g/mol. The fourth-order valence-electron chi connectivity index (χ4n) is 3.39. The van der Waals surface area contributed by atoms with Crippen molar-refractivity contribution in [3.63, 3.8) is 0 Å². The van der Waals surface area contributed by atoms with Crippen LogP contribution in [0.2, 0.25) is 0 Å². The Hall–Kier alpha value is -2.60. The number of furan rings is 1. The van der Waals surface area contributed by atoms with Crippen LogP contribution in [0.1, 0.15) is 25.7 Å². The largest absolute Gasteiger partial charge is 0.461 e. The van der Waals surface area contributed by atoms with Gasteiger partial charge in [-0.25, -0.2) is 4.98 Å². The van der Waals surface area contributed by atoms with Crippen molar-refractivity contribution in [2.45, 2.75) is 31.7 Å². The van der Waals surface area contributed by atoms with Crippen LogP contribution in [-0.4, -0.2) is 21.9 Å². The number of imidazole rings is 1. The number of aromatic amines is 1. The highest BCUT2D eigenvalue weighted by atomic mass is 16.3. The second-order valence-corrected chi connectivity index (χ2v) is 6.40. The molecule has 0 spiro atoms. The highest BCUT2D eigenvalue weighted by molar-refractivity contribution is 5.93. The van der Waals surface area contributed by atoms with E-state index < -0.39 is 0 Å². The second kappa shape index (κ2) is 6.13. The molecule has 2 heterocycles. The van der Waals surface area contributed by atoms with Crippen LogP contribution in [0.25, 0.3) is 22.6 Å². The summed E-state index contributed by atoms with van der Waals surface area (Å²) in [4.78, 5) is 19.9. The lowest BCUT2D eigenvalue weighted by Crippen LogP contribution is -2.28. The van der Waals surface area contributed by atoms with Gasteiger partial charge >= 0.3 is 0 Å². The molecule has 6 heteroatoms. The number of benzene rings is 1. The van der Waals surface area contributed by atoms with Gasteiger partial charge in [-0.3, -0.25) is 4.79 Å². The lowest BCUT2D eigenvalue weighted by molar-refractivity contribution is -0.117. The van der Waals surface area contributed by atoms with Crippen LogP contribution in [-0.2, 0) is 4.79 Å². The molecule has 2 aromatic heterocycles. The highest BCUT2D eigenvalue weighted by Gasteiger charge is 2.26. The van der Waals surface area contributed by atoms with Crippen molar-refractivity contribution in [2.24, 2.45) is 11.7 Å². The molecule has 0 unspecified atom stereocenters. The number of carbonyl (C=O) groups is 1. The van der Waals surface area contributed by atoms with E-state index in [-0.39, 0.29) is 11.9 Å². The number of aromatic nitrogens is 2. The summed E-state index contributed by atoms with van der Waals surface area (Å²) in [6.45, 7) is 0. The quantitative estimate of drug-likeness (QED) is 0.686. The molecule has 124 valence electrons. The summed E-state index contributed by atoms with van der Waals surface area (Å²) in [5.41, 5.74) is 8.49. The number of nitrogens with one attached hydrogen (secondary N) is 2. The van der Waals surface area contributed by atoms with Crippen molar-refractivity contribution < 1.29 is 9.21 Å². The molecule has 1 amide bonds. The number of carbonyl (C=O) groups excluding carboxylic acids is 1. The highest BCUT2D eigenvalue weighted by Crippen LogP contribution is 2.28. The van der Waals surface area contributed by atoms with Crippen LogP contribution in [0, 0.1) is 5.92 Å². The Morgan fingerprint density at radius 1 is 1.38 bits per heavy atom. The number of hydrogen-bond acceptors (Lipinski definition) is 4. The number of rotatable bonds is 4. The van der Waals surface area contributed by atoms with E-state index in [4.69, 9.17) is 10.2 Å². The molecule has 1 saturated carbocycles. The normalized spacial score (nSPS) is 20.5. The minimum Gasteiger partial charge on any atom is -0.461 e. The summed E-state index contributed by atoms with van der Waals surface area (Å²) >= 11 is 0. The summed E-state index contributed by atoms with van der Waals surface area (Å²) in [7, 11) is 0. The van der Waals surface area contributed by atoms with Crippen LogP contribution in [0.3, 0.4) is 0 Å². The number of hydrogen-bond donors (Lipinski definition) is 3. The van der Waals surface area contributed by atoms with Gasteiger partial charge in [-0.1, -0.05) is 6.42 Å². The standard InChI is InChI=1S/C18H20N4O2/c19-13-4-1-3-11(13)9-17(23)20-12-6-7-14-15(10-12)22-18(21-14)16-5-2-8-24-16/h2,5-8,10-11,13H,1,3-4,9,19H2,(H,20,23)(H,21,22)/t11-,13+/m0/s1. The maximum absolute atomic E-state index is 12.2. The molecule has 4 rings (SSSR count). The average Bonchev–Trinajstić information content (AvgIpc) is 3.28. The first-order valence-electron chi connectivity index (χ1n) is 8.28. The van der Waals surface area contributed by atoms with Gasteiger partial charge in [0.2, 0.25) is 5.91 Å². The van der Waals surface area contributed by atoms with Gasteiger partial charge < -0.3 is 20.5 Å². The van der Waals surface area contributed by atoms with E-state index in [1.165, 1.54) is 0 Å². The van der Waals surface area contributed by atoms with E-state index in [1.54, 1.807) is 6.26 Å². The Bertz CT molecular complexity index is 853. The molecule has 0 saturated heterocycles. The van der Waals surface area contributed by atoms with Crippen LogP contribution in [0.15, 0.2) is 41.0 Å². The summed E-state index contributed by atoms with van der Waals surface area (Å²) in [5.74, 6) is 1.68. The molecule has 3 aromatic rings. The lowest BCUT2D eigenvalue weighted by atomic mass is 10.00. The van der Waals surface area contributed by atoms with Gasteiger partial charge in [-0.15, -0.1) is 0 Å². The number of amides is 1. The van der Waals surface area contributed by atoms with Gasteiger partial charge in [0.05, 0.1) is 17.3 Å². The van der Waals surface area contributed by atoms with Gasteiger partial charge in [0.1, 0.15) is 0 Å². The molecular weight excluding hydrogens is 304 g/mol. The van der Waals surface area contributed by atoms with Crippen molar-refractivity contribution >= 4 is 22.6 Å². The first kappa shape index (κ1) is 15.0. The minimum absolute atomic E-state index is 0.0162. The van der Waals surface area contributed by atoms with E-state index in [0.29, 0.717) is 23.9 Å². The molecule has 1 aliphatic carbocycles. The maximum Gasteiger partial charge on any atom is 0.224 e. The van der Waals surface area contributed by atoms with Crippen LogP contribution in [0.5, 0.6) is 0 Å². The molecule has 24 heavy (non-hydrogen) atoms. The third-order valence-electron chi connectivity index (χ3n) is 4.69. The molecule has 0 aliphatic heterocycles. The van der Waals surface area contributed by atoms with Crippen LogP contribution in [0.4, 0.5) is 5.69 Å². The smallest absolute Gasteiger partial charge is 0.224 e. The Morgan fingerprint density at radius 3 is 3.04 bits per heavy atom. The van der Waals surface area contributed by atoms with E-state index in [1.807, 2.05) is 30.3 Å². The fourth-order valence-corrected chi connectivity index (χ4v) is 3.39. The molecule has 0 radical (unpaired) electrons. The fraction of sp³-hybridized carbons (Fsp3) is 0.333. The summed E-state index contributed by atoms with van der Waals surface area (Å²) in [6.07, 6.45) is 5.28. The van der Waals surface area contributed by atoms with Gasteiger partial charge in [-0.2, -0.15) is 0 Å². The van der Waals surface area contributed by atoms with Crippen LogP contribution >= 0.6 is 0 Å². The predicted octanol–water partition coefficient (Wildman–Crippen LogP) is 3.28. The van der Waals surface area contributed by atoms with E-state index in [9.17, 15) is 4.79 Å². The minimum atomic E-state index is 0.0162. The van der Waals surface area contributed by atoms with E-state index in [0.717, 1.165) is 36.0 Å². The number of nitrogens with zero attached hydrogens (tertiary/aromatic N) is 1. The molecule has 1 aromatic carbocycles. The van der Waals surface area contributed by atoms with Gasteiger partial charge in [-0.05, 0) is 49.1 Å². The predicted molar refractivity (Wildman–Crippen MR) is 92.4 cm³/mol. The second-order valence-electron chi connectivity index (χ2n) is 6.40. The number of fused-ring (bicyclic) bond motifs is 1. The Morgan fingerprint density at radius 2 is 2.29 bits per heavy atom. The topological polar surface area (TPSA) is 96.9 Å². The number of H-pyrrole nitrogens is 1. The first-order chi connectivity index (χ1) is 11.7. The monoisotopic (exact) mass is 324 g/mol. The lowest BCUT2D eigenvalue weighted by Gasteiger charge is -2.14. The Kier molecular flexibility index (Phi) is 3.82. The van der Waals surface area contributed by atoms with Crippen LogP contribution < -0.4 is 11.1 Å². The first-order valence-corrected chi connectivity index (χ1v) is 8.28. The maximum atomic E-state index is 12.2. The summed E-state index contributed by atoms with van der Waals surface area (Å²) in [6, 6.07) is 9.47. The van der Waals surface area contributed by atoms with E-state index in [2.05, 4.69) is 15.3 Å². The van der Waals surface area contributed by atoms with E-state index >= 15 is 0 Å². The number of anilines is 1. The molecule has 1 aliphatic rings. The Balaban J connectivity index is 1.49. The zero-order valence-electron chi connectivity index (χ0n) is 13.3. The third kappa shape index (κ3) is 2.92. The van der Waals surface area contributed by atoms with Gasteiger partial charge in [0.25, 0.3) is 0 Å². The molecule has 6 nitrogen and oxygen atoms in total.